The van der Waals surface area contributed by atoms with E-state index in [1.807, 2.05) is 12.1 Å². The van der Waals surface area contributed by atoms with Gasteiger partial charge in [0.05, 0.1) is 23.5 Å². The van der Waals surface area contributed by atoms with E-state index in [1.54, 1.807) is 6.07 Å². The number of amides is 2. The Morgan fingerprint density at radius 3 is 2.40 bits per heavy atom. The van der Waals surface area contributed by atoms with E-state index in [1.165, 1.54) is 17.7 Å². The predicted molar refractivity (Wildman–Crippen MR) is 155 cm³/mol. The number of hydrogen-bond donors (Lipinski definition) is 6. The normalized spacial score (nSPS) is 33.6. The molecule has 13 heteroatoms. The van der Waals surface area contributed by atoms with Gasteiger partial charge in [0, 0.05) is 23.7 Å². The smallest absolute Gasteiger partial charge is 0.335 e. The molecule has 0 radical (unpaired) electrons. The summed E-state index contributed by atoms with van der Waals surface area (Å²) in [5.74, 6) is -2.67. The fraction of sp³-hybridized carbons (Fsp3) is 0.625. The molecule has 3 aliphatic heterocycles. The minimum atomic E-state index is -2.27. The van der Waals surface area contributed by atoms with Gasteiger partial charge in [0.15, 0.2) is 23.7 Å². The highest BCUT2D eigenvalue weighted by Gasteiger charge is 2.74. The zero-order valence-corrected chi connectivity index (χ0v) is 25.1. The minimum Gasteiger partial charge on any atom is -0.504 e. The van der Waals surface area contributed by atoms with Gasteiger partial charge in [0.25, 0.3) is 5.91 Å². The van der Waals surface area contributed by atoms with E-state index < -0.39 is 47.3 Å². The number of aliphatic hydroxyl groups excluding tert-OH is 2. The first-order chi connectivity index (χ1) is 21.4. The molecule has 1 spiro atoms. The van der Waals surface area contributed by atoms with Crippen molar-refractivity contribution < 1.29 is 54.6 Å². The number of likely N-dealkylation sites (tertiary alicyclic amines) is 2. The van der Waals surface area contributed by atoms with Crippen molar-refractivity contribution in [1.82, 2.24) is 9.80 Å². The highest BCUT2D eigenvalue weighted by Crippen LogP contribution is 2.66. The maximum Gasteiger partial charge on any atom is 0.335 e. The summed E-state index contributed by atoms with van der Waals surface area (Å²) in [5, 5.41) is 55.9. The van der Waals surface area contributed by atoms with E-state index in [4.69, 9.17) is 25.2 Å². The number of phenols is 1. The summed E-state index contributed by atoms with van der Waals surface area (Å²) in [6.45, 7) is 3.93. The molecule has 1 aromatic rings. The Hall–Kier alpha value is -3.52. The number of nitrogens with zero attached hydrogens (tertiary/aromatic N) is 2. The lowest BCUT2D eigenvalue weighted by Crippen LogP contribution is -2.78. The maximum atomic E-state index is 13.4. The third kappa shape index (κ3) is 4.82. The molecule has 2 unspecified atom stereocenters. The number of benzene rings is 1. The summed E-state index contributed by atoms with van der Waals surface area (Å²) in [4.78, 5) is 50.0. The second kappa shape index (κ2) is 11.4. The molecule has 3 heterocycles. The molecular formula is C32H40N2O11. The van der Waals surface area contributed by atoms with E-state index in [9.17, 15) is 29.4 Å². The van der Waals surface area contributed by atoms with Gasteiger partial charge in [-0.1, -0.05) is 25.5 Å². The predicted octanol–water partition coefficient (Wildman–Crippen LogP) is 0.688. The standard InChI is InChI=1S/C28H34N2O5.C4H6O6/c1-2-3-4-18-14-22(32)30(26(18)33)19-9-10-28(34)21-13-17-7-8-20(31)24-23(17)27(28,25(19)35-24)11-12-29(21)15-16-5-6-16;5-1(3(7)8)2(6)4(9)10/h4,7-8,16,19,21,25,31,34H,2-3,5-6,9-15H2,1H3;1-2,5-6H,(H,7,8)(H,9,10)/b18-4+;/t19-,21-,25+,27+,28-;/m1./s1. The van der Waals surface area contributed by atoms with E-state index >= 15 is 0 Å². The molecule has 6 N–H and O–H groups in total. The molecule has 2 saturated heterocycles. The molecule has 4 fully saturated rings. The first-order valence-corrected chi connectivity index (χ1v) is 15.7. The lowest BCUT2D eigenvalue weighted by atomic mass is 9.48. The van der Waals surface area contributed by atoms with Crippen molar-refractivity contribution in [3.05, 3.63) is 34.9 Å². The van der Waals surface area contributed by atoms with Gasteiger partial charge in [0.1, 0.15) is 6.10 Å². The number of carboxylic acids is 2. The second-order valence-electron chi connectivity index (χ2n) is 13.2. The van der Waals surface area contributed by atoms with Crippen LogP contribution in [0, 0.1) is 5.92 Å². The Kier molecular flexibility index (Phi) is 7.95. The second-order valence-corrected chi connectivity index (χ2v) is 13.2. The topological polar surface area (TPSA) is 205 Å². The van der Waals surface area contributed by atoms with E-state index in [0.717, 1.165) is 49.4 Å². The average molecular weight is 629 g/mol. The van der Waals surface area contributed by atoms with Crippen LogP contribution < -0.4 is 4.74 Å². The van der Waals surface area contributed by atoms with Crippen molar-refractivity contribution in [3.8, 4) is 11.5 Å². The van der Waals surface area contributed by atoms with Gasteiger partial charge in [-0.05, 0) is 69.0 Å². The summed E-state index contributed by atoms with van der Waals surface area (Å²) in [6.07, 6.45) is 3.66. The van der Waals surface area contributed by atoms with Gasteiger partial charge >= 0.3 is 11.9 Å². The Bertz CT molecular complexity index is 1440. The van der Waals surface area contributed by atoms with Crippen molar-refractivity contribution >= 4 is 23.8 Å². The third-order valence-corrected chi connectivity index (χ3v) is 10.7. The largest absolute Gasteiger partial charge is 0.504 e. The monoisotopic (exact) mass is 628 g/mol. The van der Waals surface area contributed by atoms with Gasteiger partial charge in [-0.2, -0.15) is 0 Å². The lowest BCUT2D eigenvalue weighted by Gasteiger charge is -2.64. The SMILES string of the molecule is CCC/C=C1\CC(=O)N([C@@H]2CC[C@@]3(O)[C@H]4Cc5ccc(O)c6c5[C@@]3(CCN4CC3CC3)[C@H]2O6)C1=O.O=C(O)C(O)C(O)C(=O)O. The van der Waals surface area contributed by atoms with Gasteiger partial charge < -0.3 is 35.4 Å². The van der Waals surface area contributed by atoms with Crippen LogP contribution in [-0.4, -0.2) is 113 Å². The number of piperidine rings is 1. The van der Waals surface area contributed by atoms with Gasteiger partial charge in [0.2, 0.25) is 5.91 Å². The summed E-state index contributed by atoms with van der Waals surface area (Å²) in [5.41, 5.74) is 0.894. The number of allylic oxidation sites excluding steroid dienone is 1. The fourth-order valence-corrected chi connectivity index (χ4v) is 8.40. The molecule has 13 nitrogen and oxygen atoms in total. The van der Waals surface area contributed by atoms with Crippen LogP contribution in [0.3, 0.4) is 0 Å². The number of hydrogen-bond acceptors (Lipinski definition) is 10. The van der Waals surface area contributed by atoms with Crippen LogP contribution >= 0.6 is 0 Å². The summed E-state index contributed by atoms with van der Waals surface area (Å²) >= 11 is 0. The molecule has 2 bridgehead atoms. The quantitative estimate of drug-likeness (QED) is 0.174. The highest BCUT2D eigenvalue weighted by atomic mass is 16.5. The van der Waals surface area contributed by atoms with Crippen molar-refractivity contribution in [3.63, 3.8) is 0 Å². The van der Waals surface area contributed by atoms with E-state index in [-0.39, 0.29) is 30.0 Å². The lowest BCUT2D eigenvalue weighted by molar-refractivity contribution is -0.201. The van der Waals surface area contributed by atoms with Gasteiger partial charge in [-0.15, -0.1) is 0 Å². The Labute approximate surface area is 259 Å². The van der Waals surface area contributed by atoms with Crippen molar-refractivity contribution in [1.29, 1.82) is 0 Å². The summed E-state index contributed by atoms with van der Waals surface area (Å²) in [6, 6.07) is 3.21. The molecule has 2 amide bonds. The number of carboxylic acid groups (broad SMARTS) is 2. The first-order valence-electron chi connectivity index (χ1n) is 15.7. The fourth-order valence-electron chi connectivity index (χ4n) is 8.40. The van der Waals surface area contributed by atoms with Crippen LogP contribution in [0.5, 0.6) is 11.5 Å². The van der Waals surface area contributed by atoms with Crippen molar-refractivity contribution in [2.75, 3.05) is 13.1 Å². The number of aromatic hydroxyl groups is 1. The molecule has 0 aromatic heterocycles. The van der Waals surface area contributed by atoms with Crippen molar-refractivity contribution in [2.45, 2.75) is 106 Å². The van der Waals surface area contributed by atoms with Crippen LogP contribution in [0.15, 0.2) is 23.8 Å². The number of carbonyl (C=O) groups is 4. The molecule has 7 rings (SSSR count). The van der Waals surface area contributed by atoms with Crippen LogP contribution in [-0.2, 0) is 31.0 Å². The maximum absolute atomic E-state index is 13.4. The average Bonchev–Trinajstić information content (AvgIpc) is 3.68. The van der Waals surface area contributed by atoms with Crippen molar-refractivity contribution in [2.24, 2.45) is 5.92 Å². The van der Waals surface area contributed by atoms with Crippen LogP contribution in [0.4, 0.5) is 0 Å². The number of carbonyl (C=O) groups excluding carboxylic acids is 2. The van der Waals surface area contributed by atoms with E-state index in [2.05, 4.69) is 11.8 Å². The molecule has 244 valence electrons. The Morgan fingerprint density at radius 2 is 1.78 bits per heavy atom. The molecular weight excluding hydrogens is 588 g/mol. The highest BCUT2D eigenvalue weighted by molar-refractivity contribution is 6.13. The number of imide groups is 1. The number of ether oxygens (including phenoxy) is 1. The zero-order chi connectivity index (χ0) is 32.4. The van der Waals surface area contributed by atoms with E-state index in [0.29, 0.717) is 30.6 Å². The summed E-state index contributed by atoms with van der Waals surface area (Å²) in [7, 11) is 0. The zero-order valence-electron chi connectivity index (χ0n) is 25.1. The number of aliphatic carboxylic acids is 2. The molecule has 45 heavy (non-hydrogen) atoms. The molecule has 2 saturated carbocycles. The summed E-state index contributed by atoms with van der Waals surface area (Å²) < 4.78 is 6.55. The number of unbranched alkanes of at least 4 members (excludes halogenated alkanes) is 1. The first kappa shape index (κ1) is 31.5. The van der Waals surface area contributed by atoms with Gasteiger partial charge in [-0.3, -0.25) is 19.4 Å². The van der Waals surface area contributed by atoms with Crippen LogP contribution in [0.1, 0.15) is 69.4 Å². The number of phenolic OH excluding ortho intramolecular Hbond substituents is 1. The molecule has 6 aliphatic rings. The molecule has 3 aliphatic carbocycles. The third-order valence-electron chi connectivity index (χ3n) is 10.7. The Morgan fingerprint density at radius 1 is 1.09 bits per heavy atom. The van der Waals surface area contributed by atoms with Crippen LogP contribution in [0.2, 0.25) is 0 Å². The van der Waals surface area contributed by atoms with Gasteiger partial charge in [-0.25, -0.2) is 9.59 Å². The minimum absolute atomic E-state index is 0.0168. The van der Waals surface area contributed by atoms with Crippen LogP contribution in [0.25, 0.3) is 0 Å². The Balaban J connectivity index is 0.000000311. The molecule has 1 aromatic carbocycles. The molecule has 7 atom stereocenters. The number of rotatable bonds is 8. The number of aliphatic hydroxyl groups is 3.